The summed E-state index contributed by atoms with van der Waals surface area (Å²) in [7, 11) is 0. The summed E-state index contributed by atoms with van der Waals surface area (Å²) < 4.78 is 9.77. The van der Waals surface area contributed by atoms with E-state index in [9.17, 15) is 0 Å². The zero-order valence-corrected chi connectivity index (χ0v) is 28.5. The van der Waals surface area contributed by atoms with Crippen LogP contribution in [0.2, 0.25) is 0 Å². The minimum Gasteiger partial charge on any atom is -0.456 e. The lowest BCUT2D eigenvalue weighted by Crippen LogP contribution is -2.00. The molecule has 0 bridgehead atoms. The van der Waals surface area contributed by atoms with Crippen molar-refractivity contribution >= 4 is 85.8 Å². The molecule has 11 aromatic rings. The molecule has 11 rings (SSSR count). The number of para-hydroxylation sites is 1. The van der Waals surface area contributed by atoms with Crippen molar-refractivity contribution in [2.45, 2.75) is 0 Å². The second-order valence-corrected chi connectivity index (χ2v) is 14.8. The molecule has 0 saturated heterocycles. The summed E-state index contributed by atoms with van der Waals surface area (Å²) >= 11 is 3.51. The van der Waals surface area contributed by atoms with Crippen LogP contribution in [0, 0.1) is 0 Å². The van der Waals surface area contributed by atoms with Gasteiger partial charge in [-0.25, -0.2) is 19.9 Å². The fourth-order valence-electron chi connectivity index (χ4n) is 7.09. The van der Waals surface area contributed by atoms with Crippen molar-refractivity contribution in [2.24, 2.45) is 0 Å². The van der Waals surface area contributed by atoms with Gasteiger partial charge < -0.3 is 4.42 Å². The standard InChI is InChI=1S/C44H24N4OS2/c1-2-10-26(11-3-1)41-46-42(28-19-20-31-30-13-6-7-15-35(30)49-36(31)22-28)48-43(47-41)32-14-8-16-37-40(32)33-23-39-34(24-38(33)50-37)45-44(51-39)29-18-17-25-9-4-5-12-27(25)21-29/h1-24H. The normalized spacial score (nSPS) is 11.9. The van der Waals surface area contributed by atoms with E-state index in [-0.39, 0.29) is 0 Å². The van der Waals surface area contributed by atoms with Crippen LogP contribution in [-0.4, -0.2) is 19.9 Å². The fourth-order valence-corrected chi connectivity index (χ4v) is 9.22. The maximum absolute atomic E-state index is 6.25. The van der Waals surface area contributed by atoms with Crippen LogP contribution < -0.4 is 0 Å². The SMILES string of the molecule is c1ccc(-c2nc(-c3ccc4c(c3)oc3ccccc34)nc(-c3cccc4sc5cc6nc(-c7ccc8ccccc8c7)sc6cc5c34)n2)cc1. The van der Waals surface area contributed by atoms with Gasteiger partial charge in [0.1, 0.15) is 16.2 Å². The van der Waals surface area contributed by atoms with Crippen LogP contribution in [0.15, 0.2) is 150 Å². The van der Waals surface area contributed by atoms with Crippen LogP contribution in [-0.2, 0) is 0 Å². The molecule has 0 fully saturated rings. The number of aromatic nitrogens is 4. The van der Waals surface area contributed by atoms with Crippen LogP contribution in [0.5, 0.6) is 0 Å². The minimum absolute atomic E-state index is 0.600. The van der Waals surface area contributed by atoms with Crippen molar-refractivity contribution in [3.8, 4) is 44.7 Å². The number of hydrogen-bond donors (Lipinski definition) is 0. The topological polar surface area (TPSA) is 64.7 Å². The Kier molecular flexibility index (Phi) is 6.22. The van der Waals surface area contributed by atoms with E-state index in [1.807, 2.05) is 54.6 Å². The second kappa shape index (κ2) is 11.1. The number of thiophene rings is 1. The zero-order valence-electron chi connectivity index (χ0n) is 26.9. The lowest BCUT2D eigenvalue weighted by Gasteiger charge is -2.09. The Morgan fingerprint density at radius 1 is 0.412 bits per heavy atom. The zero-order chi connectivity index (χ0) is 33.5. The molecule has 0 spiro atoms. The van der Waals surface area contributed by atoms with Gasteiger partial charge in [-0.15, -0.1) is 22.7 Å². The van der Waals surface area contributed by atoms with Gasteiger partial charge in [0.05, 0.1) is 10.2 Å². The lowest BCUT2D eigenvalue weighted by atomic mass is 10.0. The van der Waals surface area contributed by atoms with Crippen molar-refractivity contribution in [1.82, 2.24) is 19.9 Å². The van der Waals surface area contributed by atoms with Crippen LogP contribution in [0.3, 0.4) is 0 Å². The van der Waals surface area contributed by atoms with Crippen LogP contribution in [0.4, 0.5) is 0 Å². The van der Waals surface area contributed by atoms with Crippen LogP contribution in [0.25, 0.3) is 108 Å². The largest absolute Gasteiger partial charge is 0.456 e. The van der Waals surface area contributed by atoms with Crippen molar-refractivity contribution in [3.05, 3.63) is 146 Å². The summed E-state index contributed by atoms with van der Waals surface area (Å²) in [4.78, 5) is 20.4. The first kappa shape index (κ1) is 28.5. The van der Waals surface area contributed by atoms with E-state index in [0.717, 1.165) is 64.8 Å². The number of thiazole rings is 1. The Bertz CT molecular complexity index is 3160. The maximum Gasteiger partial charge on any atom is 0.164 e. The van der Waals surface area contributed by atoms with Crippen LogP contribution in [0.1, 0.15) is 0 Å². The predicted molar refractivity (Wildman–Crippen MR) is 212 cm³/mol. The van der Waals surface area contributed by atoms with Gasteiger partial charge in [0, 0.05) is 53.2 Å². The predicted octanol–water partition coefficient (Wildman–Crippen LogP) is 12.6. The van der Waals surface area contributed by atoms with Gasteiger partial charge >= 0.3 is 0 Å². The summed E-state index contributed by atoms with van der Waals surface area (Å²) in [5.41, 5.74) is 6.60. The van der Waals surface area contributed by atoms with Gasteiger partial charge in [-0.3, -0.25) is 0 Å². The van der Waals surface area contributed by atoms with Gasteiger partial charge in [0.2, 0.25) is 0 Å². The first-order chi connectivity index (χ1) is 25.2. The smallest absolute Gasteiger partial charge is 0.164 e. The highest BCUT2D eigenvalue weighted by molar-refractivity contribution is 7.26. The van der Waals surface area contributed by atoms with Gasteiger partial charge in [0.25, 0.3) is 0 Å². The highest BCUT2D eigenvalue weighted by atomic mass is 32.1. The van der Waals surface area contributed by atoms with Crippen molar-refractivity contribution < 1.29 is 4.42 Å². The quantitative estimate of drug-likeness (QED) is 0.184. The third-order valence-electron chi connectivity index (χ3n) is 9.55. The molecule has 51 heavy (non-hydrogen) atoms. The van der Waals surface area contributed by atoms with E-state index in [1.165, 1.54) is 25.6 Å². The lowest BCUT2D eigenvalue weighted by molar-refractivity contribution is 0.669. The van der Waals surface area contributed by atoms with Gasteiger partial charge in [-0.1, -0.05) is 103 Å². The Hall–Kier alpha value is -6.28. The molecule has 7 aromatic carbocycles. The van der Waals surface area contributed by atoms with E-state index in [1.54, 1.807) is 22.7 Å². The van der Waals surface area contributed by atoms with Gasteiger partial charge in [0.15, 0.2) is 17.5 Å². The van der Waals surface area contributed by atoms with E-state index in [2.05, 4.69) is 91.0 Å². The monoisotopic (exact) mass is 688 g/mol. The third-order valence-corrected chi connectivity index (χ3v) is 11.7. The molecule has 0 unspecified atom stereocenters. The molecule has 0 aliphatic carbocycles. The Morgan fingerprint density at radius 3 is 2.10 bits per heavy atom. The average Bonchev–Trinajstić information content (AvgIpc) is 3.89. The molecular formula is C44H24N4OS2. The first-order valence-corrected chi connectivity index (χ1v) is 18.3. The molecule has 0 amide bonds. The molecule has 0 radical (unpaired) electrons. The molecule has 7 heteroatoms. The molecule has 4 aromatic heterocycles. The minimum atomic E-state index is 0.600. The van der Waals surface area contributed by atoms with Crippen LogP contribution >= 0.6 is 22.7 Å². The molecular weight excluding hydrogens is 665 g/mol. The van der Waals surface area contributed by atoms with Crippen molar-refractivity contribution in [3.63, 3.8) is 0 Å². The van der Waals surface area contributed by atoms with E-state index in [4.69, 9.17) is 24.4 Å². The van der Waals surface area contributed by atoms with Crippen molar-refractivity contribution in [2.75, 3.05) is 0 Å². The number of benzene rings is 7. The third kappa shape index (κ3) is 4.66. The maximum atomic E-state index is 6.25. The highest BCUT2D eigenvalue weighted by Crippen LogP contribution is 2.43. The van der Waals surface area contributed by atoms with E-state index in [0.29, 0.717) is 17.5 Å². The summed E-state index contributed by atoms with van der Waals surface area (Å²) in [5.74, 6) is 1.86. The number of hydrogen-bond acceptors (Lipinski definition) is 7. The summed E-state index contributed by atoms with van der Waals surface area (Å²) in [5, 5.41) is 7.95. The molecule has 0 atom stereocenters. The number of rotatable bonds is 4. The molecule has 5 nitrogen and oxygen atoms in total. The summed E-state index contributed by atoms with van der Waals surface area (Å²) in [6.07, 6.45) is 0. The second-order valence-electron chi connectivity index (χ2n) is 12.7. The number of fused-ring (bicyclic) bond motifs is 8. The average molecular weight is 689 g/mol. The van der Waals surface area contributed by atoms with E-state index < -0.39 is 0 Å². The number of furan rings is 1. The Labute approximate surface area is 299 Å². The molecule has 238 valence electrons. The molecule has 0 aliphatic rings. The van der Waals surface area contributed by atoms with Crippen molar-refractivity contribution in [1.29, 1.82) is 0 Å². The van der Waals surface area contributed by atoms with Gasteiger partial charge in [-0.05, 0) is 53.2 Å². The Morgan fingerprint density at radius 2 is 1.18 bits per heavy atom. The molecule has 0 N–H and O–H groups in total. The molecule has 4 heterocycles. The highest BCUT2D eigenvalue weighted by Gasteiger charge is 2.19. The molecule has 0 saturated carbocycles. The Balaban J connectivity index is 1.09. The summed E-state index contributed by atoms with van der Waals surface area (Å²) in [6.45, 7) is 0. The van der Waals surface area contributed by atoms with E-state index >= 15 is 0 Å². The summed E-state index contributed by atoms with van der Waals surface area (Å²) in [6, 6.07) is 50.4. The number of nitrogens with zero attached hydrogens (tertiary/aromatic N) is 4. The fraction of sp³-hybridized carbons (Fsp3) is 0. The molecule has 0 aliphatic heterocycles. The van der Waals surface area contributed by atoms with Gasteiger partial charge in [-0.2, -0.15) is 0 Å². The first-order valence-electron chi connectivity index (χ1n) is 16.7.